The van der Waals surface area contributed by atoms with Gasteiger partial charge in [-0.3, -0.25) is 14.9 Å². The van der Waals surface area contributed by atoms with Crippen LogP contribution in [0.1, 0.15) is 26.3 Å². The summed E-state index contributed by atoms with van der Waals surface area (Å²) in [6.07, 6.45) is 6.06. The number of benzene rings is 2. The predicted octanol–water partition coefficient (Wildman–Crippen LogP) is 6.01. The smallest absolute Gasteiger partial charge is 0.229 e. The van der Waals surface area contributed by atoms with Gasteiger partial charge < -0.3 is 10.3 Å². The number of hydrogen-bond donors (Lipinski definition) is 4. The standard InChI is InChI=1S/C32H30FN7O3S/c1-32(2,3)31(41)37-23-12-21(16-34-17-23)19-5-6-27-26(13-19)29(40-39-27)28-14-25-24(7-8-35-30(25)38-28)20-9-18(10-22(33)11-20)15-36-44(4,42)43/h5-14,16-17,36H,15H2,1-4H3,(H,35,38)(H,37,41)(H,39,40). The highest BCUT2D eigenvalue weighted by Crippen LogP contribution is 2.35. The molecule has 4 heterocycles. The fraction of sp³-hybridized carbons (Fsp3) is 0.188. The average Bonchev–Trinajstić information content (AvgIpc) is 3.59. The van der Waals surface area contributed by atoms with Crippen molar-refractivity contribution in [2.45, 2.75) is 27.3 Å². The number of amides is 1. The summed E-state index contributed by atoms with van der Waals surface area (Å²) >= 11 is 0. The van der Waals surface area contributed by atoms with Crippen molar-refractivity contribution < 1.29 is 17.6 Å². The lowest BCUT2D eigenvalue weighted by Crippen LogP contribution is -2.27. The molecule has 4 aromatic heterocycles. The Morgan fingerprint density at radius 2 is 1.77 bits per heavy atom. The molecule has 1 amide bonds. The SMILES string of the molecule is CC(C)(C)C(=O)Nc1cncc(-c2ccc3[nH]nc(-c4cc5c(-c6cc(F)cc(CNS(C)(=O)=O)c6)ccnc5[nH]4)c3c2)c1. The van der Waals surface area contributed by atoms with Crippen molar-refractivity contribution in [3.05, 3.63) is 84.6 Å². The predicted molar refractivity (Wildman–Crippen MR) is 170 cm³/mol. The van der Waals surface area contributed by atoms with Crippen molar-refractivity contribution >= 4 is 43.6 Å². The van der Waals surface area contributed by atoms with Gasteiger partial charge in [0, 0.05) is 40.7 Å². The molecule has 6 rings (SSSR count). The second-order valence-corrected chi connectivity index (χ2v) is 13.6. The molecule has 0 radical (unpaired) electrons. The molecule has 0 aliphatic rings. The molecule has 12 heteroatoms. The number of anilines is 1. The van der Waals surface area contributed by atoms with E-state index in [1.165, 1.54) is 12.1 Å². The van der Waals surface area contributed by atoms with Gasteiger partial charge in [-0.1, -0.05) is 26.8 Å². The first kappa shape index (κ1) is 29.1. The van der Waals surface area contributed by atoms with Crippen LogP contribution in [0, 0.1) is 11.2 Å². The Bertz CT molecular complexity index is 2160. The van der Waals surface area contributed by atoms with Crippen LogP contribution in [0.5, 0.6) is 0 Å². The molecule has 2 aromatic carbocycles. The molecule has 0 unspecified atom stereocenters. The number of nitrogens with zero attached hydrogens (tertiary/aromatic N) is 3. The maximum atomic E-state index is 14.6. The van der Waals surface area contributed by atoms with E-state index in [-0.39, 0.29) is 12.5 Å². The maximum absolute atomic E-state index is 14.6. The average molecular weight is 612 g/mol. The number of carbonyl (C=O) groups is 1. The molecule has 10 nitrogen and oxygen atoms in total. The lowest BCUT2D eigenvalue weighted by molar-refractivity contribution is -0.123. The molecule has 0 saturated carbocycles. The van der Waals surface area contributed by atoms with Crippen LogP contribution in [-0.4, -0.2) is 45.7 Å². The number of pyridine rings is 2. The molecule has 0 bridgehead atoms. The van der Waals surface area contributed by atoms with Crippen LogP contribution in [0.4, 0.5) is 10.1 Å². The Morgan fingerprint density at radius 3 is 2.55 bits per heavy atom. The number of nitrogens with one attached hydrogen (secondary N) is 4. The summed E-state index contributed by atoms with van der Waals surface area (Å²) in [6, 6.07) is 16.0. The highest BCUT2D eigenvalue weighted by molar-refractivity contribution is 7.88. The van der Waals surface area contributed by atoms with Gasteiger partial charge in [0.25, 0.3) is 0 Å². The van der Waals surface area contributed by atoms with Gasteiger partial charge in [-0.05, 0) is 70.8 Å². The number of H-pyrrole nitrogens is 2. The summed E-state index contributed by atoms with van der Waals surface area (Å²) in [5, 5.41) is 12.2. The van der Waals surface area contributed by atoms with Crippen LogP contribution in [0.3, 0.4) is 0 Å². The van der Waals surface area contributed by atoms with Gasteiger partial charge in [-0.25, -0.2) is 22.5 Å². The van der Waals surface area contributed by atoms with E-state index in [4.69, 9.17) is 0 Å². The fourth-order valence-corrected chi connectivity index (χ4v) is 5.34. The minimum absolute atomic E-state index is 0.0286. The zero-order valence-corrected chi connectivity index (χ0v) is 25.3. The topological polar surface area (TPSA) is 146 Å². The van der Waals surface area contributed by atoms with Crippen LogP contribution in [0.25, 0.3) is 55.6 Å². The van der Waals surface area contributed by atoms with Crippen molar-refractivity contribution in [2.24, 2.45) is 5.41 Å². The van der Waals surface area contributed by atoms with Crippen LogP contribution in [0.15, 0.2) is 73.2 Å². The van der Waals surface area contributed by atoms with Crippen LogP contribution in [-0.2, 0) is 21.4 Å². The third-order valence-corrected chi connectivity index (χ3v) is 7.84. The third kappa shape index (κ3) is 6.08. The number of rotatable bonds is 7. The number of sulfonamides is 1. The summed E-state index contributed by atoms with van der Waals surface area (Å²) in [7, 11) is -3.44. The Balaban J connectivity index is 1.37. The number of fused-ring (bicyclic) bond motifs is 2. The van der Waals surface area contributed by atoms with Crippen LogP contribution >= 0.6 is 0 Å². The maximum Gasteiger partial charge on any atom is 0.229 e. The Labute approximate surface area is 253 Å². The molecule has 224 valence electrons. The quantitative estimate of drug-likeness (QED) is 0.174. The molecule has 0 aliphatic heterocycles. The molecular formula is C32H30FN7O3S. The lowest BCUT2D eigenvalue weighted by Gasteiger charge is -2.17. The zero-order chi connectivity index (χ0) is 31.2. The van der Waals surface area contributed by atoms with E-state index in [1.54, 1.807) is 30.7 Å². The van der Waals surface area contributed by atoms with Crippen molar-refractivity contribution in [3.63, 3.8) is 0 Å². The van der Waals surface area contributed by atoms with Gasteiger partial charge in [0.2, 0.25) is 15.9 Å². The minimum Gasteiger partial charge on any atom is -0.338 e. The Morgan fingerprint density at radius 1 is 0.955 bits per heavy atom. The monoisotopic (exact) mass is 611 g/mol. The number of aromatic amines is 2. The van der Waals surface area contributed by atoms with Gasteiger partial charge in [0.1, 0.15) is 17.2 Å². The van der Waals surface area contributed by atoms with Crippen LogP contribution < -0.4 is 10.0 Å². The van der Waals surface area contributed by atoms with Crippen molar-refractivity contribution in [1.29, 1.82) is 0 Å². The van der Waals surface area contributed by atoms with Crippen LogP contribution in [0.2, 0.25) is 0 Å². The summed E-state index contributed by atoms with van der Waals surface area (Å²) < 4.78 is 40.2. The number of halogens is 1. The summed E-state index contributed by atoms with van der Waals surface area (Å²) in [6.45, 7) is 5.53. The van der Waals surface area contributed by atoms with E-state index in [9.17, 15) is 17.6 Å². The van der Waals surface area contributed by atoms with E-state index >= 15 is 0 Å². The molecule has 0 atom stereocenters. The number of hydrogen-bond acceptors (Lipinski definition) is 6. The van der Waals surface area contributed by atoms with Gasteiger partial charge in [-0.2, -0.15) is 5.10 Å². The largest absolute Gasteiger partial charge is 0.338 e. The summed E-state index contributed by atoms with van der Waals surface area (Å²) in [5.41, 5.74) is 6.42. The molecule has 0 saturated heterocycles. The van der Waals surface area contributed by atoms with Gasteiger partial charge >= 0.3 is 0 Å². The van der Waals surface area contributed by atoms with E-state index in [2.05, 4.69) is 35.2 Å². The molecule has 0 aliphatic carbocycles. The Hall–Kier alpha value is -4.94. The summed E-state index contributed by atoms with van der Waals surface area (Å²) in [5.74, 6) is -0.577. The third-order valence-electron chi connectivity index (χ3n) is 7.17. The normalized spacial score (nSPS) is 12.2. The second kappa shape index (κ2) is 11.0. The molecular weight excluding hydrogens is 581 g/mol. The van der Waals surface area contributed by atoms with Gasteiger partial charge in [0.05, 0.1) is 29.4 Å². The van der Waals surface area contributed by atoms with E-state index < -0.39 is 21.3 Å². The molecule has 0 spiro atoms. The Kier molecular flexibility index (Phi) is 7.26. The van der Waals surface area contributed by atoms with Crippen molar-refractivity contribution in [1.82, 2.24) is 29.9 Å². The first-order valence-corrected chi connectivity index (χ1v) is 15.7. The highest BCUT2D eigenvalue weighted by atomic mass is 32.2. The first-order valence-electron chi connectivity index (χ1n) is 13.8. The van der Waals surface area contributed by atoms with Gasteiger partial charge in [-0.15, -0.1) is 0 Å². The van der Waals surface area contributed by atoms with E-state index in [0.29, 0.717) is 33.8 Å². The molecule has 0 fully saturated rings. The van der Waals surface area contributed by atoms with Crippen molar-refractivity contribution in [2.75, 3.05) is 11.6 Å². The molecule has 6 aromatic rings. The summed E-state index contributed by atoms with van der Waals surface area (Å²) in [4.78, 5) is 24.7. The van der Waals surface area contributed by atoms with E-state index in [0.717, 1.165) is 39.2 Å². The molecule has 4 N–H and O–H groups in total. The minimum atomic E-state index is -3.44. The highest BCUT2D eigenvalue weighted by Gasteiger charge is 2.21. The molecule has 44 heavy (non-hydrogen) atoms. The zero-order valence-electron chi connectivity index (χ0n) is 24.5. The second-order valence-electron chi connectivity index (χ2n) is 11.7. The van der Waals surface area contributed by atoms with E-state index in [1.807, 2.05) is 51.1 Å². The number of carbonyl (C=O) groups excluding carboxylic acids is 1. The lowest BCUT2D eigenvalue weighted by atomic mass is 9.95. The van der Waals surface area contributed by atoms with Gasteiger partial charge in [0.15, 0.2) is 0 Å². The van der Waals surface area contributed by atoms with Crippen molar-refractivity contribution in [3.8, 4) is 33.6 Å². The number of aromatic nitrogens is 5. The fourth-order valence-electron chi connectivity index (χ4n) is 4.91. The first-order chi connectivity index (χ1) is 20.8.